The van der Waals surface area contributed by atoms with Gasteiger partial charge in [-0.25, -0.2) is 9.78 Å². The number of carbonyl (C=O) groups excluding carboxylic acids is 1. The first kappa shape index (κ1) is 16.4. The normalized spacial score (nSPS) is 13.8. The Morgan fingerprint density at radius 3 is 2.42 bits per heavy atom. The van der Waals surface area contributed by atoms with Crippen LogP contribution in [0, 0.1) is 0 Å². The predicted octanol–water partition coefficient (Wildman–Crippen LogP) is 3.35. The van der Waals surface area contributed by atoms with E-state index >= 15 is 0 Å². The standard InChI is InChI=1S/C18H23N3O3/c1-18(2,3)24-17(22)21-10-12-8-14(16-19-6-7-20(16)4)15(23-5)9-13(12)11-21/h6-9H,10-11H2,1-5H3. The first-order valence-electron chi connectivity index (χ1n) is 7.94. The Morgan fingerprint density at radius 1 is 1.21 bits per heavy atom. The average molecular weight is 329 g/mol. The highest BCUT2D eigenvalue weighted by atomic mass is 16.6. The summed E-state index contributed by atoms with van der Waals surface area (Å²) in [7, 11) is 3.59. The highest BCUT2D eigenvalue weighted by Gasteiger charge is 2.29. The number of imidazole rings is 1. The second-order valence-corrected chi connectivity index (χ2v) is 7.02. The van der Waals surface area contributed by atoms with Crippen LogP contribution >= 0.6 is 0 Å². The van der Waals surface area contributed by atoms with Gasteiger partial charge in [-0.1, -0.05) is 0 Å². The largest absolute Gasteiger partial charge is 0.496 e. The second-order valence-electron chi connectivity index (χ2n) is 7.02. The molecule has 1 aliphatic rings. The lowest BCUT2D eigenvalue weighted by atomic mass is 10.0. The van der Waals surface area contributed by atoms with Crippen molar-refractivity contribution in [3.05, 3.63) is 35.7 Å². The van der Waals surface area contributed by atoms with E-state index in [4.69, 9.17) is 9.47 Å². The lowest BCUT2D eigenvalue weighted by Gasteiger charge is -2.24. The van der Waals surface area contributed by atoms with Gasteiger partial charge in [0.2, 0.25) is 0 Å². The molecule has 2 aromatic rings. The van der Waals surface area contributed by atoms with Crippen molar-refractivity contribution in [1.29, 1.82) is 0 Å². The molecule has 6 heteroatoms. The van der Waals surface area contributed by atoms with Crippen molar-refractivity contribution in [2.45, 2.75) is 39.5 Å². The van der Waals surface area contributed by atoms with E-state index in [1.807, 2.05) is 44.6 Å². The summed E-state index contributed by atoms with van der Waals surface area (Å²) in [5.41, 5.74) is 2.60. The molecule has 1 aliphatic heterocycles. The van der Waals surface area contributed by atoms with Gasteiger partial charge in [-0.3, -0.25) is 4.90 Å². The number of hydrogen-bond donors (Lipinski definition) is 0. The maximum absolute atomic E-state index is 12.3. The highest BCUT2D eigenvalue weighted by molar-refractivity contribution is 5.72. The summed E-state index contributed by atoms with van der Waals surface area (Å²) in [4.78, 5) is 18.4. The monoisotopic (exact) mass is 329 g/mol. The van der Waals surface area contributed by atoms with E-state index in [0.29, 0.717) is 13.1 Å². The number of amides is 1. The summed E-state index contributed by atoms with van der Waals surface area (Å²) in [5, 5.41) is 0. The van der Waals surface area contributed by atoms with E-state index < -0.39 is 5.60 Å². The van der Waals surface area contributed by atoms with Crippen LogP contribution in [0.2, 0.25) is 0 Å². The van der Waals surface area contributed by atoms with Gasteiger partial charge in [-0.2, -0.15) is 0 Å². The summed E-state index contributed by atoms with van der Waals surface area (Å²) in [6.45, 7) is 6.68. The van der Waals surface area contributed by atoms with E-state index in [2.05, 4.69) is 11.1 Å². The summed E-state index contributed by atoms with van der Waals surface area (Å²) in [6, 6.07) is 4.05. The molecule has 0 spiro atoms. The van der Waals surface area contributed by atoms with Crippen molar-refractivity contribution < 1.29 is 14.3 Å². The topological polar surface area (TPSA) is 56.6 Å². The van der Waals surface area contributed by atoms with Gasteiger partial charge in [-0.05, 0) is 44.0 Å². The molecule has 0 radical (unpaired) electrons. The number of nitrogens with zero attached hydrogens (tertiary/aromatic N) is 3. The third kappa shape index (κ3) is 3.09. The van der Waals surface area contributed by atoms with Gasteiger partial charge >= 0.3 is 6.09 Å². The van der Waals surface area contributed by atoms with Crippen molar-refractivity contribution in [3.63, 3.8) is 0 Å². The van der Waals surface area contributed by atoms with E-state index in [0.717, 1.165) is 28.3 Å². The maximum Gasteiger partial charge on any atom is 0.410 e. The lowest BCUT2D eigenvalue weighted by molar-refractivity contribution is 0.0242. The van der Waals surface area contributed by atoms with Gasteiger partial charge in [0.25, 0.3) is 0 Å². The molecule has 2 heterocycles. The number of methoxy groups -OCH3 is 1. The summed E-state index contributed by atoms with van der Waals surface area (Å²) in [6.07, 6.45) is 3.36. The third-order valence-corrected chi connectivity index (χ3v) is 3.96. The molecule has 6 nitrogen and oxygen atoms in total. The summed E-state index contributed by atoms with van der Waals surface area (Å²) < 4.78 is 13.0. The number of rotatable bonds is 2. The molecule has 128 valence electrons. The third-order valence-electron chi connectivity index (χ3n) is 3.96. The number of benzene rings is 1. The van der Waals surface area contributed by atoms with Gasteiger partial charge in [-0.15, -0.1) is 0 Å². The Bertz CT molecular complexity index is 774. The number of hydrogen-bond acceptors (Lipinski definition) is 4. The Morgan fingerprint density at radius 2 is 1.88 bits per heavy atom. The Kier molecular flexibility index (Phi) is 3.99. The minimum absolute atomic E-state index is 0.295. The van der Waals surface area contributed by atoms with Crippen molar-refractivity contribution in [3.8, 4) is 17.1 Å². The molecule has 0 aliphatic carbocycles. The minimum atomic E-state index is -0.498. The van der Waals surface area contributed by atoms with Crippen molar-refractivity contribution >= 4 is 6.09 Å². The van der Waals surface area contributed by atoms with Crippen LogP contribution < -0.4 is 4.74 Å². The fourth-order valence-electron chi connectivity index (χ4n) is 2.85. The first-order chi connectivity index (χ1) is 11.3. The van der Waals surface area contributed by atoms with E-state index in [-0.39, 0.29) is 6.09 Å². The fraction of sp³-hybridized carbons (Fsp3) is 0.444. The molecule has 0 bridgehead atoms. The summed E-state index contributed by atoms with van der Waals surface area (Å²) >= 11 is 0. The van der Waals surface area contributed by atoms with Gasteiger partial charge in [0.1, 0.15) is 17.2 Å². The SMILES string of the molecule is COc1cc2c(cc1-c1nccn1C)CN(C(=O)OC(C)(C)C)C2. The molecule has 24 heavy (non-hydrogen) atoms. The van der Waals surface area contributed by atoms with Crippen molar-refractivity contribution in [2.24, 2.45) is 7.05 Å². The van der Waals surface area contributed by atoms with Gasteiger partial charge in [0, 0.05) is 32.5 Å². The van der Waals surface area contributed by atoms with Crippen LogP contribution in [0.1, 0.15) is 31.9 Å². The van der Waals surface area contributed by atoms with E-state index in [1.54, 1.807) is 18.2 Å². The van der Waals surface area contributed by atoms with Gasteiger partial charge < -0.3 is 14.0 Å². The van der Waals surface area contributed by atoms with Gasteiger partial charge in [0.05, 0.1) is 12.7 Å². The highest BCUT2D eigenvalue weighted by Crippen LogP contribution is 2.35. The minimum Gasteiger partial charge on any atom is -0.496 e. The lowest BCUT2D eigenvalue weighted by Crippen LogP contribution is -2.33. The molecule has 1 aromatic heterocycles. The van der Waals surface area contributed by atoms with Gasteiger partial charge in [0.15, 0.2) is 0 Å². The first-order valence-corrected chi connectivity index (χ1v) is 7.94. The molecule has 0 N–H and O–H groups in total. The van der Waals surface area contributed by atoms with Crippen LogP contribution in [-0.2, 0) is 24.9 Å². The second kappa shape index (κ2) is 5.85. The number of aryl methyl sites for hydroxylation is 1. The zero-order chi connectivity index (χ0) is 17.5. The molecule has 1 aromatic carbocycles. The number of aromatic nitrogens is 2. The Hall–Kier alpha value is -2.50. The molecular formula is C18H23N3O3. The molecule has 3 rings (SSSR count). The van der Waals surface area contributed by atoms with Crippen LogP contribution in [0.15, 0.2) is 24.5 Å². The fourth-order valence-corrected chi connectivity index (χ4v) is 2.85. The smallest absolute Gasteiger partial charge is 0.410 e. The van der Waals surface area contributed by atoms with Crippen LogP contribution in [0.25, 0.3) is 11.4 Å². The summed E-state index contributed by atoms with van der Waals surface area (Å²) in [5.74, 6) is 1.60. The molecular weight excluding hydrogens is 306 g/mol. The molecule has 0 fully saturated rings. The molecule has 0 saturated carbocycles. The van der Waals surface area contributed by atoms with Crippen LogP contribution in [-0.4, -0.2) is 33.3 Å². The van der Waals surface area contributed by atoms with Crippen LogP contribution in [0.3, 0.4) is 0 Å². The van der Waals surface area contributed by atoms with E-state index in [1.165, 1.54) is 0 Å². The maximum atomic E-state index is 12.3. The number of carbonyl (C=O) groups is 1. The van der Waals surface area contributed by atoms with Crippen molar-refractivity contribution in [1.82, 2.24) is 14.5 Å². The molecule has 0 atom stereocenters. The zero-order valence-electron chi connectivity index (χ0n) is 14.8. The number of fused-ring (bicyclic) bond motifs is 1. The van der Waals surface area contributed by atoms with Crippen LogP contribution in [0.4, 0.5) is 4.79 Å². The van der Waals surface area contributed by atoms with E-state index in [9.17, 15) is 4.79 Å². The Labute approximate surface area is 142 Å². The Balaban J connectivity index is 1.90. The van der Waals surface area contributed by atoms with Crippen molar-refractivity contribution in [2.75, 3.05) is 7.11 Å². The van der Waals surface area contributed by atoms with Crippen LogP contribution in [0.5, 0.6) is 5.75 Å². The average Bonchev–Trinajstić information content (AvgIpc) is 3.09. The molecule has 0 saturated heterocycles. The number of ether oxygens (including phenoxy) is 2. The predicted molar refractivity (Wildman–Crippen MR) is 90.7 cm³/mol. The quantitative estimate of drug-likeness (QED) is 0.848. The zero-order valence-corrected chi connectivity index (χ0v) is 14.8. The molecule has 0 unspecified atom stereocenters. The molecule has 1 amide bonds.